The fourth-order valence-corrected chi connectivity index (χ4v) is 10.3. The molecule has 46 heavy (non-hydrogen) atoms. The van der Waals surface area contributed by atoms with Gasteiger partial charge in [0.2, 0.25) is 5.95 Å². The van der Waals surface area contributed by atoms with Crippen LogP contribution in [0.5, 0.6) is 0 Å². The number of aromatic nitrogens is 4. The standard InChI is InChI=1S/C11H2Cl8N2S2.C11H2Cl7FN2S2/c12-2-4(14)8(18)20-10(6(2)16)22-1-23-11-7(17)3(13)5(15)9(19)21-11;12-2-3(13)8(17)21-11(4(2)14)23-1-22-7-5(15)9(18)20-10(19)6(7)16/h2*1H2. The lowest BCUT2D eigenvalue weighted by molar-refractivity contribution is 0.580. The van der Waals surface area contributed by atoms with Crippen molar-refractivity contribution in [2.45, 2.75) is 20.0 Å². The van der Waals surface area contributed by atoms with Crippen molar-refractivity contribution in [2.75, 3.05) is 10.2 Å². The lowest BCUT2D eigenvalue weighted by Gasteiger charge is -2.10. The predicted octanol–water partition coefficient (Wildman–Crippen LogP) is 16.6. The molecule has 0 aliphatic rings. The summed E-state index contributed by atoms with van der Waals surface area (Å²) in [6, 6.07) is 0. The molecule has 0 amide bonds. The van der Waals surface area contributed by atoms with Gasteiger partial charge in [-0.1, -0.05) is 209 Å². The Morgan fingerprint density at radius 3 is 1.00 bits per heavy atom. The number of hydrogen-bond acceptors (Lipinski definition) is 8. The molecule has 4 nitrogen and oxygen atoms in total. The minimum absolute atomic E-state index is 0.0302. The Hall–Kier alpha value is 2.28. The maximum absolute atomic E-state index is 13.5. The molecule has 0 N–H and O–H groups in total. The molecule has 248 valence electrons. The monoisotopic (exact) mass is 995 g/mol. The fraction of sp³-hybridized carbons (Fsp3) is 0.0909. The van der Waals surface area contributed by atoms with Crippen LogP contribution < -0.4 is 0 Å². The smallest absolute Gasteiger partial charge is 0.226 e. The minimum atomic E-state index is -0.901. The van der Waals surface area contributed by atoms with E-state index in [1.165, 1.54) is 35.3 Å². The van der Waals surface area contributed by atoms with E-state index in [4.69, 9.17) is 174 Å². The maximum atomic E-state index is 13.5. The van der Waals surface area contributed by atoms with Gasteiger partial charge in [0.05, 0.1) is 65.3 Å². The summed E-state index contributed by atoms with van der Waals surface area (Å²) >= 11 is 93.7. The number of thioether (sulfide) groups is 4. The van der Waals surface area contributed by atoms with Crippen molar-refractivity contribution in [1.29, 1.82) is 0 Å². The van der Waals surface area contributed by atoms with Gasteiger partial charge in [-0.25, -0.2) is 19.9 Å². The predicted molar refractivity (Wildman–Crippen MR) is 205 cm³/mol. The average Bonchev–Trinajstić information content (AvgIpc) is 3.02. The van der Waals surface area contributed by atoms with E-state index in [2.05, 4.69) is 19.9 Å². The molecule has 4 aromatic heterocycles. The zero-order valence-electron chi connectivity index (χ0n) is 20.9. The van der Waals surface area contributed by atoms with Gasteiger partial charge in [0.1, 0.15) is 20.1 Å². The molecule has 0 aromatic carbocycles. The molecular formula is C22H4Cl15FN4S4. The summed E-state index contributed by atoms with van der Waals surface area (Å²) in [5, 5.41) is 3.17. The topological polar surface area (TPSA) is 51.6 Å². The summed E-state index contributed by atoms with van der Waals surface area (Å²) < 4.78 is 13.5. The van der Waals surface area contributed by atoms with Crippen molar-refractivity contribution in [3.05, 3.63) is 81.8 Å². The van der Waals surface area contributed by atoms with Crippen LogP contribution in [0, 0.1) is 5.95 Å². The fourth-order valence-electron chi connectivity index (χ4n) is 2.57. The van der Waals surface area contributed by atoms with Gasteiger partial charge in [0, 0.05) is 0 Å². The Morgan fingerprint density at radius 1 is 0.348 bits per heavy atom. The third-order valence-corrected chi connectivity index (χ3v) is 15.6. The van der Waals surface area contributed by atoms with Crippen LogP contribution in [-0.2, 0) is 0 Å². The molecule has 4 heterocycles. The molecule has 0 saturated carbocycles. The van der Waals surface area contributed by atoms with Gasteiger partial charge in [-0.2, -0.15) is 4.39 Å². The normalized spacial score (nSPS) is 11.1. The largest absolute Gasteiger partial charge is 0.234 e. The van der Waals surface area contributed by atoms with Crippen molar-refractivity contribution in [2.24, 2.45) is 0 Å². The molecule has 0 spiro atoms. The Bertz CT molecular complexity index is 1710. The lowest BCUT2D eigenvalue weighted by atomic mass is 10.5. The third kappa shape index (κ3) is 10.7. The summed E-state index contributed by atoms with van der Waals surface area (Å²) in [4.78, 5) is 15.8. The van der Waals surface area contributed by atoms with E-state index < -0.39 is 5.95 Å². The van der Waals surface area contributed by atoms with Crippen molar-refractivity contribution in [1.82, 2.24) is 19.9 Å². The van der Waals surface area contributed by atoms with E-state index in [9.17, 15) is 4.39 Å². The van der Waals surface area contributed by atoms with E-state index in [1.807, 2.05) is 0 Å². The summed E-state index contributed by atoms with van der Waals surface area (Å²) in [5.41, 5.74) is 0. The molecule has 0 aliphatic heterocycles. The van der Waals surface area contributed by atoms with Crippen molar-refractivity contribution in [3.63, 3.8) is 0 Å². The highest BCUT2D eigenvalue weighted by Gasteiger charge is 2.20. The summed E-state index contributed by atoms with van der Waals surface area (Å²) in [5.74, 6) is -0.901. The Kier molecular flexibility index (Phi) is 18.0. The first-order valence-corrected chi connectivity index (χ1v) is 20.4. The molecule has 0 radical (unpaired) electrons. The zero-order chi connectivity index (χ0) is 34.6. The van der Waals surface area contributed by atoms with Crippen LogP contribution in [0.2, 0.25) is 75.9 Å². The minimum Gasteiger partial charge on any atom is -0.226 e. The second kappa shape index (κ2) is 19.4. The quantitative estimate of drug-likeness (QED) is 0.0983. The van der Waals surface area contributed by atoms with Gasteiger partial charge >= 0.3 is 0 Å². The first kappa shape index (κ1) is 42.7. The van der Waals surface area contributed by atoms with Crippen LogP contribution in [0.25, 0.3) is 0 Å². The van der Waals surface area contributed by atoms with Gasteiger partial charge in [-0.05, 0) is 0 Å². The Balaban J connectivity index is 0.000000250. The molecule has 0 fully saturated rings. The summed E-state index contributed by atoms with van der Waals surface area (Å²) in [6.45, 7) is 0. The molecular weight excluding hydrogens is 999 g/mol. The Morgan fingerprint density at radius 2 is 0.652 bits per heavy atom. The summed E-state index contributed by atoms with van der Waals surface area (Å²) in [7, 11) is 0. The van der Waals surface area contributed by atoms with Crippen LogP contribution in [0.4, 0.5) is 4.39 Å². The first-order valence-electron chi connectivity index (χ1n) is 10.8. The first-order chi connectivity index (χ1) is 21.5. The van der Waals surface area contributed by atoms with E-state index in [1.54, 1.807) is 0 Å². The highest BCUT2D eigenvalue weighted by molar-refractivity contribution is 8.16. The molecule has 0 aliphatic carbocycles. The Labute approximate surface area is 352 Å². The lowest BCUT2D eigenvalue weighted by Crippen LogP contribution is -1.91. The van der Waals surface area contributed by atoms with E-state index in [0.717, 1.165) is 11.8 Å². The van der Waals surface area contributed by atoms with Gasteiger partial charge in [-0.3, -0.25) is 0 Å². The molecule has 4 rings (SSSR count). The van der Waals surface area contributed by atoms with Gasteiger partial charge in [0.25, 0.3) is 0 Å². The molecule has 0 unspecified atom stereocenters. The number of halogens is 16. The molecule has 4 aromatic rings. The number of nitrogens with zero attached hydrogens (tertiary/aromatic N) is 4. The van der Waals surface area contributed by atoms with Gasteiger partial charge < -0.3 is 0 Å². The molecule has 0 saturated heterocycles. The second-order valence-electron chi connectivity index (χ2n) is 7.41. The number of hydrogen-bond donors (Lipinski definition) is 0. The molecule has 0 atom stereocenters. The van der Waals surface area contributed by atoms with Crippen LogP contribution >= 0.6 is 221 Å². The van der Waals surface area contributed by atoms with Gasteiger partial charge in [0.15, 0.2) is 20.6 Å². The van der Waals surface area contributed by atoms with E-state index >= 15 is 0 Å². The highest BCUT2D eigenvalue weighted by Crippen LogP contribution is 2.45. The zero-order valence-corrected chi connectivity index (χ0v) is 35.5. The number of rotatable bonds is 8. The highest BCUT2D eigenvalue weighted by atomic mass is 35.5. The van der Waals surface area contributed by atoms with Crippen molar-refractivity contribution < 1.29 is 4.39 Å². The van der Waals surface area contributed by atoms with Gasteiger partial charge in [-0.15, -0.1) is 11.8 Å². The van der Waals surface area contributed by atoms with Crippen LogP contribution in [0.3, 0.4) is 0 Å². The maximum Gasteiger partial charge on any atom is 0.234 e. The van der Waals surface area contributed by atoms with Crippen molar-refractivity contribution >= 4 is 221 Å². The molecule has 0 bridgehead atoms. The van der Waals surface area contributed by atoms with Crippen LogP contribution in [0.15, 0.2) is 20.0 Å². The number of pyridine rings is 4. The van der Waals surface area contributed by atoms with Crippen LogP contribution in [-0.4, -0.2) is 30.1 Å². The third-order valence-electron chi connectivity index (χ3n) is 4.61. The van der Waals surface area contributed by atoms with E-state index in [-0.39, 0.29) is 80.8 Å². The summed E-state index contributed by atoms with van der Waals surface area (Å²) in [6.07, 6.45) is 0. The SMILES string of the molecule is Clc1nc(SCSc2nc(Cl)c(Cl)c(Cl)c2Cl)c(Cl)c(Cl)c1Cl.Fc1nc(Cl)c(Cl)c(SCSc2nc(Cl)c(Cl)c(Cl)c2Cl)c1Cl. The van der Waals surface area contributed by atoms with E-state index in [0.29, 0.717) is 25.2 Å². The average molecular weight is 1000 g/mol. The van der Waals surface area contributed by atoms with Crippen molar-refractivity contribution in [3.8, 4) is 0 Å². The molecule has 24 heteroatoms. The van der Waals surface area contributed by atoms with Crippen LogP contribution in [0.1, 0.15) is 0 Å². The second-order valence-corrected chi connectivity index (χ2v) is 17.6.